The van der Waals surface area contributed by atoms with E-state index in [1.54, 1.807) is 27.7 Å². The summed E-state index contributed by atoms with van der Waals surface area (Å²) in [5.74, 6) is -0.981. The summed E-state index contributed by atoms with van der Waals surface area (Å²) in [6.45, 7) is 7.54. The van der Waals surface area contributed by atoms with E-state index in [1.165, 1.54) is 4.90 Å². The number of carboxylic acids is 1. The Hall–Kier alpha value is -1.30. The van der Waals surface area contributed by atoms with E-state index in [4.69, 9.17) is 4.74 Å². The molecule has 20 heavy (non-hydrogen) atoms. The summed E-state index contributed by atoms with van der Waals surface area (Å²) in [7, 11) is 0. The van der Waals surface area contributed by atoms with Gasteiger partial charge in [0.05, 0.1) is 6.04 Å². The Morgan fingerprint density at radius 2 is 2.00 bits per heavy atom. The molecule has 0 aromatic rings. The van der Waals surface area contributed by atoms with Gasteiger partial charge in [-0.3, -0.25) is 4.90 Å². The third-order valence-electron chi connectivity index (χ3n) is 3.80. The topological polar surface area (TPSA) is 78.9 Å². The first-order valence-corrected chi connectivity index (χ1v) is 7.12. The SMILES string of the molecule is CC(C)(C)OC(=O)N1[C@H](CNC2CC2)C[C@]1(C)C(=O)O. The summed E-state index contributed by atoms with van der Waals surface area (Å²) in [4.78, 5) is 25.0. The van der Waals surface area contributed by atoms with Gasteiger partial charge in [0.2, 0.25) is 0 Å². The van der Waals surface area contributed by atoms with Crippen LogP contribution in [-0.4, -0.2) is 51.8 Å². The standard InChI is InChI=1S/C14H24N2O4/c1-13(2,3)20-12(19)16-10(8-15-9-5-6-9)7-14(16,4)11(17)18/h9-10,15H,5-8H2,1-4H3,(H,17,18)/t10-,14+/m0/s1. The molecule has 6 nitrogen and oxygen atoms in total. The molecule has 2 aliphatic rings. The number of carbonyl (C=O) groups excluding carboxylic acids is 1. The zero-order valence-electron chi connectivity index (χ0n) is 12.6. The monoisotopic (exact) mass is 284 g/mol. The number of carbonyl (C=O) groups is 2. The predicted molar refractivity (Wildman–Crippen MR) is 73.5 cm³/mol. The summed E-state index contributed by atoms with van der Waals surface area (Å²) in [6, 6.07) is 0.429. The van der Waals surface area contributed by atoms with Gasteiger partial charge in [-0.15, -0.1) is 0 Å². The zero-order valence-corrected chi connectivity index (χ0v) is 12.6. The molecule has 1 aliphatic heterocycles. The molecular formula is C14H24N2O4. The zero-order chi connectivity index (χ0) is 15.1. The molecule has 0 radical (unpaired) electrons. The number of hydrogen-bond acceptors (Lipinski definition) is 4. The minimum absolute atomic E-state index is 0.105. The maximum Gasteiger partial charge on any atom is 0.411 e. The van der Waals surface area contributed by atoms with Gasteiger partial charge in [-0.25, -0.2) is 9.59 Å². The Morgan fingerprint density at radius 3 is 2.45 bits per heavy atom. The number of rotatable bonds is 4. The Kier molecular flexibility index (Phi) is 3.71. The summed E-state index contributed by atoms with van der Waals surface area (Å²) in [5.41, 5.74) is -1.78. The molecule has 1 heterocycles. The molecule has 0 unspecified atom stereocenters. The van der Waals surface area contributed by atoms with E-state index >= 15 is 0 Å². The van der Waals surface area contributed by atoms with Crippen molar-refractivity contribution >= 4 is 12.1 Å². The molecule has 1 saturated heterocycles. The van der Waals surface area contributed by atoms with Crippen molar-refractivity contribution in [3.63, 3.8) is 0 Å². The van der Waals surface area contributed by atoms with E-state index < -0.39 is 23.2 Å². The van der Waals surface area contributed by atoms with Crippen LogP contribution in [0.3, 0.4) is 0 Å². The fourth-order valence-corrected chi connectivity index (χ4v) is 2.54. The third kappa shape index (κ3) is 3.06. The van der Waals surface area contributed by atoms with Crippen LogP contribution in [0.1, 0.15) is 47.0 Å². The summed E-state index contributed by atoms with van der Waals surface area (Å²) in [6.07, 6.45) is 2.24. The van der Waals surface area contributed by atoms with Gasteiger partial charge >= 0.3 is 12.1 Å². The maximum absolute atomic E-state index is 12.2. The Bertz CT molecular complexity index is 414. The van der Waals surface area contributed by atoms with Crippen LogP contribution in [0.2, 0.25) is 0 Å². The van der Waals surface area contributed by atoms with Gasteiger partial charge in [-0.2, -0.15) is 0 Å². The van der Waals surface area contributed by atoms with E-state index in [0.717, 1.165) is 12.8 Å². The second kappa shape index (κ2) is 4.91. The molecule has 1 aliphatic carbocycles. The number of likely N-dealkylation sites (tertiary alicyclic amines) is 1. The first-order valence-electron chi connectivity index (χ1n) is 7.12. The average Bonchev–Trinajstić information content (AvgIpc) is 3.03. The number of nitrogens with one attached hydrogen (secondary N) is 1. The van der Waals surface area contributed by atoms with Crippen LogP contribution in [-0.2, 0) is 9.53 Å². The minimum Gasteiger partial charge on any atom is -0.480 e. The van der Waals surface area contributed by atoms with Gasteiger partial charge in [0.25, 0.3) is 0 Å². The van der Waals surface area contributed by atoms with E-state index in [-0.39, 0.29) is 6.04 Å². The molecule has 6 heteroatoms. The van der Waals surface area contributed by atoms with Gasteiger partial charge in [-0.05, 0) is 40.5 Å². The van der Waals surface area contributed by atoms with Crippen LogP contribution in [0.15, 0.2) is 0 Å². The molecule has 0 aromatic heterocycles. The summed E-state index contributed by atoms with van der Waals surface area (Å²) >= 11 is 0. The molecule has 2 atom stereocenters. The molecule has 1 amide bonds. The highest BCUT2D eigenvalue weighted by molar-refractivity contribution is 5.86. The second-order valence-corrected chi connectivity index (χ2v) is 6.97. The Morgan fingerprint density at radius 1 is 1.40 bits per heavy atom. The highest BCUT2D eigenvalue weighted by Gasteiger charge is 2.57. The first kappa shape index (κ1) is 15.1. The van der Waals surface area contributed by atoms with Crippen molar-refractivity contribution in [1.82, 2.24) is 10.2 Å². The fourth-order valence-electron chi connectivity index (χ4n) is 2.54. The molecule has 0 bridgehead atoms. The lowest BCUT2D eigenvalue weighted by molar-refractivity contribution is -0.164. The number of hydrogen-bond donors (Lipinski definition) is 2. The van der Waals surface area contributed by atoms with Crippen molar-refractivity contribution in [2.75, 3.05) is 6.54 Å². The van der Waals surface area contributed by atoms with E-state index in [1.807, 2.05) is 0 Å². The Labute approximate surface area is 119 Å². The molecular weight excluding hydrogens is 260 g/mol. The highest BCUT2D eigenvalue weighted by atomic mass is 16.6. The largest absolute Gasteiger partial charge is 0.480 e. The number of aliphatic carboxylic acids is 1. The first-order chi connectivity index (χ1) is 9.13. The van der Waals surface area contributed by atoms with E-state index in [0.29, 0.717) is 19.0 Å². The third-order valence-corrected chi connectivity index (χ3v) is 3.80. The lowest BCUT2D eigenvalue weighted by Gasteiger charge is -2.53. The van der Waals surface area contributed by atoms with Crippen molar-refractivity contribution in [1.29, 1.82) is 0 Å². The fraction of sp³-hybridized carbons (Fsp3) is 0.857. The maximum atomic E-state index is 12.2. The van der Waals surface area contributed by atoms with Crippen LogP contribution in [0.25, 0.3) is 0 Å². The summed E-state index contributed by atoms with van der Waals surface area (Å²) < 4.78 is 5.34. The number of ether oxygens (including phenoxy) is 1. The quantitative estimate of drug-likeness (QED) is 0.819. The molecule has 114 valence electrons. The molecule has 1 saturated carbocycles. The molecule has 0 spiro atoms. The normalized spacial score (nSPS) is 29.8. The van der Waals surface area contributed by atoms with Crippen molar-refractivity contribution in [2.45, 2.75) is 70.2 Å². The van der Waals surface area contributed by atoms with Crippen LogP contribution in [0.5, 0.6) is 0 Å². The van der Waals surface area contributed by atoms with E-state index in [2.05, 4.69) is 5.32 Å². The van der Waals surface area contributed by atoms with Crippen molar-refractivity contribution < 1.29 is 19.4 Å². The summed E-state index contributed by atoms with van der Waals surface area (Å²) in [5, 5.41) is 12.7. The van der Waals surface area contributed by atoms with Gasteiger partial charge < -0.3 is 15.2 Å². The molecule has 2 rings (SSSR count). The molecule has 2 N–H and O–H groups in total. The van der Waals surface area contributed by atoms with Gasteiger partial charge in [0.1, 0.15) is 11.1 Å². The molecule has 0 aromatic carbocycles. The van der Waals surface area contributed by atoms with Crippen LogP contribution in [0, 0.1) is 0 Å². The minimum atomic E-state index is -1.15. The number of nitrogens with zero attached hydrogens (tertiary/aromatic N) is 1. The molecule has 2 fully saturated rings. The predicted octanol–water partition coefficient (Wildman–Crippen LogP) is 1.59. The second-order valence-electron chi connectivity index (χ2n) is 6.97. The van der Waals surface area contributed by atoms with Gasteiger partial charge in [0, 0.05) is 19.0 Å². The van der Waals surface area contributed by atoms with E-state index in [9.17, 15) is 14.7 Å². The lowest BCUT2D eigenvalue weighted by atomic mass is 9.80. The van der Waals surface area contributed by atoms with Crippen molar-refractivity contribution in [2.24, 2.45) is 0 Å². The van der Waals surface area contributed by atoms with Crippen molar-refractivity contribution in [3.05, 3.63) is 0 Å². The van der Waals surface area contributed by atoms with Crippen molar-refractivity contribution in [3.8, 4) is 0 Å². The lowest BCUT2D eigenvalue weighted by Crippen LogP contribution is -2.72. The highest BCUT2D eigenvalue weighted by Crippen LogP contribution is 2.38. The number of carboxylic acid groups (broad SMARTS) is 1. The van der Waals surface area contributed by atoms with Gasteiger partial charge in [0.15, 0.2) is 0 Å². The Balaban J connectivity index is 2.03. The smallest absolute Gasteiger partial charge is 0.411 e. The van der Waals surface area contributed by atoms with Crippen LogP contribution >= 0.6 is 0 Å². The van der Waals surface area contributed by atoms with Crippen LogP contribution in [0.4, 0.5) is 4.79 Å². The number of amides is 1. The van der Waals surface area contributed by atoms with Crippen LogP contribution < -0.4 is 5.32 Å². The van der Waals surface area contributed by atoms with Gasteiger partial charge in [-0.1, -0.05) is 0 Å². The average molecular weight is 284 g/mol.